The number of benzene rings is 1. The summed E-state index contributed by atoms with van der Waals surface area (Å²) in [6, 6.07) is 4.42. The molecule has 0 spiro atoms. The monoisotopic (exact) mass is 432 g/mol. The van der Waals surface area contributed by atoms with Gasteiger partial charge in [0.25, 0.3) is 0 Å². The van der Waals surface area contributed by atoms with Crippen LogP contribution in [0.4, 0.5) is 10.1 Å². The SMILES string of the molecule is Cl.Cl.NCC(=O)NCC(=O)Nc1cc(-c2nnc3n2CCCCC3)ccc1F. The first-order chi connectivity index (χ1) is 12.6. The molecule has 0 atom stereocenters. The lowest BCUT2D eigenvalue weighted by molar-refractivity contribution is -0.123. The maximum absolute atomic E-state index is 14.1. The van der Waals surface area contributed by atoms with Crippen LogP contribution in [0, 0.1) is 5.82 Å². The van der Waals surface area contributed by atoms with Crippen LogP contribution >= 0.6 is 24.8 Å². The number of hydrogen-bond donors (Lipinski definition) is 3. The lowest BCUT2D eigenvalue weighted by atomic mass is 10.1. The highest BCUT2D eigenvalue weighted by Crippen LogP contribution is 2.26. The molecule has 11 heteroatoms. The molecule has 0 saturated carbocycles. The molecule has 1 aromatic carbocycles. The van der Waals surface area contributed by atoms with Gasteiger partial charge in [-0.15, -0.1) is 35.0 Å². The van der Waals surface area contributed by atoms with Crippen LogP contribution in [0.5, 0.6) is 0 Å². The summed E-state index contributed by atoms with van der Waals surface area (Å²) in [5.74, 6) is 0.0250. The van der Waals surface area contributed by atoms with Crippen molar-refractivity contribution in [1.29, 1.82) is 0 Å². The summed E-state index contributed by atoms with van der Waals surface area (Å²) in [6.45, 7) is 0.330. The van der Waals surface area contributed by atoms with Gasteiger partial charge in [-0.2, -0.15) is 0 Å². The van der Waals surface area contributed by atoms with E-state index < -0.39 is 17.6 Å². The Kier molecular flexibility index (Phi) is 9.30. The summed E-state index contributed by atoms with van der Waals surface area (Å²) in [5, 5.41) is 13.3. The number of nitrogens with one attached hydrogen (secondary N) is 2. The first-order valence-electron chi connectivity index (χ1n) is 8.57. The molecule has 154 valence electrons. The third-order valence-corrected chi connectivity index (χ3v) is 4.24. The molecule has 1 aromatic heterocycles. The number of nitrogens with zero attached hydrogens (tertiary/aromatic N) is 3. The van der Waals surface area contributed by atoms with Crippen LogP contribution in [0.25, 0.3) is 11.4 Å². The van der Waals surface area contributed by atoms with E-state index in [0.717, 1.165) is 38.1 Å². The minimum absolute atomic E-state index is 0. The number of aromatic nitrogens is 3. The number of aryl methyl sites for hydroxylation is 1. The molecule has 0 fully saturated rings. The Balaban J connectivity index is 0.00000196. The van der Waals surface area contributed by atoms with Crippen LogP contribution in [0.3, 0.4) is 0 Å². The third-order valence-electron chi connectivity index (χ3n) is 4.24. The van der Waals surface area contributed by atoms with Gasteiger partial charge in [-0.3, -0.25) is 9.59 Å². The smallest absolute Gasteiger partial charge is 0.243 e. The zero-order valence-corrected chi connectivity index (χ0v) is 16.7. The first kappa shape index (κ1) is 23.8. The van der Waals surface area contributed by atoms with Crippen molar-refractivity contribution in [3.05, 3.63) is 29.8 Å². The zero-order chi connectivity index (χ0) is 18.5. The second-order valence-electron chi connectivity index (χ2n) is 6.13. The molecule has 0 bridgehead atoms. The molecule has 2 aromatic rings. The van der Waals surface area contributed by atoms with E-state index in [1.165, 1.54) is 12.1 Å². The Hall–Kier alpha value is -2.23. The maximum Gasteiger partial charge on any atom is 0.243 e. The highest BCUT2D eigenvalue weighted by molar-refractivity contribution is 5.95. The summed E-state index contributed by atoms with van der Waals surface area (Å²) < 4.78 is 16.1. The van der Waals surface area contributed by atoms with E-state index in [2.05, 4.69) is 20.8 Å². The van der Waals surface area contributed by atoms with Gasteiger partial charge in [0.1, 0.15) is 11.6 Å². The van der Waals surface area contributed by atoms with Crippen molar-refractivity contribution in [2.45, 2.75) is 32.2 Å². The topological polar surface area (TPSA) is 115 Å². The number of carbonyl (C=O) groups excluding carboxylic acids is 2. The van der Waals surface area contributed by atoms with Crippen LogP contribution in [-0.2, 0) is 22.6 Å². The molecule has 28 heavy (non-hydrogen) atoms. The summed E-state index contributed by atoms with van der Waals surface area (Å²) in [5.41, 5.74) is 5.86. The predicted molar refractivity (Wildman–Crippen MR) is 108 cm³/mol. The first-order valence-corrected chi connectivity index (χ1v) is 8.57. The van der Waals surface area contributed by atoms with Crippen molar-refractivity contribution in [2.75, 3.05) is 18.4 Å². The fourth-order valence-electron chi connectivity index (χ4n) is 2.90. The standard InChI is InChI=1S/C17H21FN6O2.2ClH/c18-12-6-5-11(8-13(12)21-16(26)10-20-15(25)9-19)17-23-22-14-4-2-1-3-7-24(14)17;;/h5-6,8H,1-4,7,9-10,19H2,(H,20,25)(H,21,26);2*1H. The zero-order valence-electron chi connectivity index (χ0n) is 15.1. The van der Waals surface area contributed by atoms with Gasteiger partial charge in [0.05, 0.1) is 18.8 Å². The van der Waals surface area contributed by atoms with Crippen molar-refractivity contribution >= 4 is 42.3 Å². The summed E-state index contributed by atoms with van der Waals surface area (Å²) in [7, 11) is 0. The van der Waals surface area contributed by atoms with Crippen molar-refractivity contribution in [3.63, 3.8) is 0 Å². The van der Waals surface area contributed by atoms with Crippen LogP contribution in [-0.4, -0.2) is 39.7 Å². The van der Waals surface area contributed by atoms with Crippen LogP contribution < -0.4 is 16.4 Å². The molecule has 1 aliphatic rings. The predicted octanol–water partition coefficient (Wildman–Crippen LogP) is 1.67. The van der Waals surface area contributed by atoms with E-state index >= 15 is 0 Å². The summed E-state index contributed by atoms with van der Waals surface area (Å²) in [6.07, 6.45) is 4.14. The van der Waals surface area contributed by atoms with Gasteiger partial charge in [-0.25, -0.2) is 4.39 Å². The van der Waals surface area contributed by atoms with E-state index in [9.17, 15) is 14.0 Å². The number of hydrogen-bond acceptors (Lipinski definition) is 5. The van der Waals surface area contributed by atoms with E-state index in [1.54, 1.807) is 6.07 Å². The van der Waals surface area contributed by atoms with Gasteiger partial charge in [0.2, 0.25) is 11.8 Å². The molecule has 2 amide bonds. The molecule has 0 saturated heterocycles. The molecule has 2 heterocycles. The third kappa shape index (κ3) is 5.63. The molecule has 0 unspecified atom stereocenters. The second-order valence-corrected chi connectivity index (χ2v) is 6.13. The van der Waals surface area contributed by atoms with Crippen molar-refractivity contribution in [2.24, 2.45) is 5.73 Å². The quantitative estimate of drug-likeness (QED) is 0.664. The highest BCUT2D eigenvalue weighted by Gasteiger charge is 2.17. The largest absolute Gasteiger partial charge is 0.346 e. The van der Waals surface area contributed by atoms with Crippen LogP contribution in [0.2, 0.25) is 0 Å². The lowest BCUT2D eigenvalue weighted by Crippen LogP contribution is -2.36. The molecule has 4 N–H and O–H groups in total. The summed E-state index contributed by atoms with van der Waals surface area (Å²) >= 11 is 0. The molecular weight excluding hydrogens is 410 g/mol. The van der Waals surface area contributed by atoms with E-state index in [-0.39, 0.29) is 43.6 Å². The van der Waals surface area contributed by atoms with Gasteiger partial charge in [-0.05, 0) is 31.0 Å². The fourth-order valence-corrected chi connectivity index (χ4v) is 2.90. The normalized spacial score (nSPS) is 12.6. The van der Waals surface area contributed by atoms with Gasteiger partial charge < -0.3 is 20.9 Å². The van der Waals surface area contributed by atoms with Gasteiger partial charge >= 0.3 is 0 Å². The number of anilines is 1. The Morgan fingerprint density at radius 1 is 1.14 bits per heavy atom. The Labute approximate surface area is 174 Å². The average Bonchev–Trinajstić information content (AvgIpc) is 2.89. The fraction of sp³-hybridized carbons (Fsp3) is 0.412. The number of carbonyl (C=O) groups is 2. The van der Waals surface area contributed by atoms with Crippen LogP contribution in [0.1, 0.15) is 25.1 Å². The lowest BCUT2D eigenvalue weighted by Gasteiger charge is -2.11. The van der Waals surface area contributed by atoms with Crippen molar-refractivity contribution < 1.29 is 14.0 Å². The molecule has 8 nitrogen and oxygen atoms in total. The number of rotatable bonds is 5. The highest BCUT2D eigenvalue weighted by atomic mass is 35.5. The minimum Gasteiger partial charge on any atom is -0.346 e. The Morgan fingerprint density at radius 2 is 1.93 bits per heavy atom. The number of fused-ring (bicyclic) bond motifs is 1. The summed E-state index contributed by atoms with van der Waals surface area (Å²) in [4.78, 5) is 23.0. The van der Waals surface area contributed by atoms with Gasteiger partial charge in [0.15, 0.2) is 5.82 Å². The minimum atomic E-state index is -0.567. The molecule has 0 radical (unpaired) electrons. The van der Waals surface area contributed by atoms with Gasteiger partial charge in [-0.1, -0.05) is 6.42 Å². The van der Waals surface area contributed by atoms with Crippen molar-refractivity contribution in [3.8, 4) is 11.4 Å². The second kappa shape index (κ2) is 10.9. The van der Waals surface area contributed by atoms with E-state index in [4.69, 9.17) is 5.73 Å². The van der Waals surface area contributed by atoms with Crippen LogP contribution in [0.15, 0.2) is 18.2 Å². The number of halogens is 3. The van der Waals surface area contributed by atoms with Crippen molar-refractivity contribution in [1.82, 2.24) is 20.1 Å². The Morgan fingerprint density at radius 3 is 2.68 bits per heavy atom. The number of nitrogens with two attached hydrogens (primary N) is 1. The number of amides is 2. The van der Waals surface area contributed by atoms with E-state index in [0.29, 0.717) is 11.4 Å². The Bertz CT molecular complexity index is 830. The molecule has 0 aliphatic carbocycles. The molecular formula is C17H23Cl2FN6O2. The molecule has 1 aliphatic heterocycles. The van der Waals surface area contributed by atoms with Gasteiger partial charge in [0, 0.05) is 18.5 Å². The molecule has 3 rings (SSSR count). The maximum atomic E-state index is 14.1. The van der Waals surface area contributed by atoms with E-state index in [1.807, 2.05) is 4.57 Å². The average molecular weight is 433 g/mol.